The lowest BCUT2D eigenvalue weighted by Crippen LogP contribution is -2.55. The molecule has 1 aromatic rings. The van der Waals surface area contributed by atoms with Gasteiger partial charge in [0, 0.05) is 25.0 Å². The van der Waals surface area contributed by atoms with Crippen LogP contribution in [0.3, 0.4) is 0 Å². The molecule has 1 amide bonds. The Hall–Kier alpha value is -1.35. The number of hydrogen-bond acceptors (Lipinski definition) is 2. The standard InChI is InChI=1S/C19H30N2O/c1-14(2)16(12-15-8-6-5-7-9-15)18(22)21-11-10-17(20)19(3,4)13-21/h5-9,14,16-17H,10-13,20H2,1-4H3. The summed E-state index contributed by atoms with van der Waals surface area (Å²) in [4.78, 5) is 15.1. The molecule has 2 atom stereocenters. The highest BCUT2D eigenvalue weighted by atomic mass is 16.2. The molecule has 0 aromatic heterocycles. The van der Waals surface area contributed by atoms with Gasteiger partial charge < -0.3 is 10.6 Å². The Morgan fingerprint density at radius 1 is 1.32 bits per heavy atom. The van der Waals surface area contributed by atoms with Gasteiger partial charge in [0.2, 0.25) is 5.91 Å². The summed E-state index contributed by atoms with van der Waals surface area (Å²) in [7, 11) is 0. The Kier molecular flexibility index (Phi) is 5.28. The Labute approximate surface area is 134 Å². The number of hydrogen-bond donors (Lipinski definition) is 1. The smallest absolute Gasteiger partial charge is 0.226 e. The SMILES string of the molecule is CC(C)C(Cc1ccccc1)C(=O)N1CCC(N)C(C)(C)C1. The Balaban J connectivity index is 2.10. The summed E-state index contributed by atoms with van der Waals surface area (Å²) >= 11 is 0. The van der Waals surface area contributed by atoms with E-state index in [2.05, 4.69) is 39.8 Å². The summed E-state index contributed by atoms with van der Waals surface area (Å²) < 4.78 is 0. The van der Waals surface area contributed by atoms with Crippen LogP contribution in [0.1, 0.15) is 39.7 Å². The van der Waals surface area contributed by atoms with Crippen molar-refractivity contribution in [3.8, 4) is 0 Å². The van der Waals surface area contributed by atoms with Crippen molar-refractivity contribution in [2.75, 3.05) is 13.1 Å². The first-order chi connectivity index (χ1) is 10.3. The summed E-state index contributed by atoms with van der Waals surface area (Å²) in [5, 5.41) is 0. The lowest BCUT2D eigenvalue weighted by atomic mass is 9.78. The minimum atomic E-state index is 0.00217. The Morgan fingerprint density at radius 2 is 1.95 bits per heavy atom. The Bertz CT molecular complexity index is 495. The van der Waals surface area contributed by atoms with Gasteiger partial charge >= 0.3 is 0 Å². The zero-order valence-corrected chi connectivity index (χ0v) is 14.4. The van der Waals surface area contributed by atoms with E-state index >= 15 is 0 Å². The molecule has 0 aliphatic carbocycles. The fourth-order valence-corrected chi connectivity index (χ4v) is 3.27. The van der Waals surface area contributed by atoms with Crippen molar-refractivity contribution in [3.05, 3.63) is 35.9 Å². The number of carbonyl (C=O) groups is 1. The highest BCUT2D eigenvalue weighted by molar-refractivity contribution is 5.79. The third kappa shape index (κ3) is 3.89. The van der Waals surface area contributed by atoms with E-state index in [-0.39, 0.29) is 17.4 Å². The molecule has 1 aromatic carbocycles. The van der Waals surface area contributed by atoms with Crippen LogP contribution in [0.25, 0.3) is 0 Å². The van der Waals surface area contributed by atoms with E-state index in [4.69, 9.17) is 5.73 Å². The molecule has 2 rings (SSSR count). The van der Waals surface area contributed by atoms with Crippen LogP contribution in [-0.2, 0) is 11.2 Å². The number of piperidine rings is 1. The molecule has 1 fully saturated rings. The van der Waals surface area contributed by atoms with Crippen molar-refractivity contribution in [1.82, 2.24) is 4.90 Å². The van der Waals surface area contributed by atoms with Gasteiger partial charge in [0.1, 0.15) is 0 Å². The zero-order chi connectivity index (χ0) is 16.3. The van der Waals surface area contributed by atoms with Crippen LogP contribution in [0, 0.1) is 17.3 Å². The molecule has 2 N–H and O–H groups in total. The van der Waals surface area contributed by atoms with Crippen molar-refractivity contribution in [3.63, 3.8) is 0 Å². The lowest BCUT2D eigenvalue weighted by Gasteiger charge is -2.44. The fraction of sp³-hybridized carbons (Fsp3) is 0.632. The molecular formula is C19H30N2O. The van der Waals surface area contributed by atoms with Gasteiger partial charge in [-0.2, -0.15) is 0 Å². The van der Waals surface area contributed by atoms with Crippen molar-refractivity contribution < 1.29 is 4.79 Å². The normalized spacial score (nSPS) is 22.6. The summed E-state index contributed by atoms with van der Waals surface area (Å²) in [5.74, 6) is 0.678. The number of nitrogens with zero attached hydrogens (tertiary/aromatic N) is 1. The average Bonchev–Trinajstić information content (AvgIpc) is 2.47. The van der Waals surface area contributed by atoms with E-state index in [1.54, 1.807) is 0 Å². The van der Waals surface area contributed by atoms with Gasteiger partial charge in [-0.1, -0.05) is 58.0 Å². The molecular weight excluding hydrogens is 272 g/mol. The highest BCUT2D eigenvalue weighted by Gasteiger charge is 2.37. The van der Waals surface area contributed by atoms with Crippen LogP contribution in [0.4, 0.5) is 0 Å². The fourth-order valence-electron chi connectivity index (χ4n) is 3.27. The first kappa shape index (κ1) is 17.0. The molecule has 0 bridgehead atoms. The van der Waals surface area contributed by atoms with E-state index in [1.165, 1.54) is 5.56 Å². The summed E-state index contributed by atoms with van der Waals surface area (Å²) in [6, 6.07) is 10.5. The minimum absolute atomic E-state index is 0.00217. The van der Waals surface area contributed by atoms with E-state index in [1.807, 2.05) is 23.1 Å². The van der Waals surface area contributed by atoms with Crippen LogP contribution in [0.15, 0.2) is 30.3 Å². The quantitative estimate of drug-likeness (QED) is 0.929. The van der Waals surface area contributed by atoms with E-state index in [9.17, 15) is 4.79 Å². The molecule has 0 saturated carbocycles. The first-order valence-electron chi connectivity index (χ1n) is 8.39. The number of benzene rings is 1. The zero-order valence-electron chi connectivity index (χ0n) is 14.4. The van der Waals surface area contributed by atoms with Crippen molar-refractivity contribution in [1.29, 1.82) is 0 Å². The molecule has 3 nitrogen and oxygen atoms in total. The van der Waals surface area contributed by atoms with Gasteiger partial charge in [0.05, 0.1) is 0 Å². The molecule has 22 heavy (non-hydrogen) atoms. The van der Waals surface area contributed by atoms with Crippen LogP contribution < -0.4 is 5.73 Å². The summed E-state index contributed by atoms with van der Waals surface area (Å²) in [5.41, 5.74) is 7.44. The number of carbonyl (C=O) groups excluding carboxylic acids is 1. The lowest BCUT2D eigenvalue weighted by molar-refractivity contribution is -0.140. The second kappa shape index (κ2) is 6.82. The van der Waals surface area contributed by atoms with Gasteiger partial charge in [-0.15, -0.1) is 0 Å². The van der Waals surface area contributed by atoms with Crippen molar-refractivity contribution in [2.24, 2.45) is 23.0 Å². The second-order valence-corrected chi connectivity index (χ2v) is 7.68. The number of rotatable bonds is 4. The molecule has 3 heteroatoms. The first-order valence-corrected chi connectivity index (χ1v) is 8.39. The molecule has 2 unspecified atom stereocenters. The van der Waals surface area contributed by atoms with Crippen molar-refractivity contribution >= 4 is 5.91 Å². The van der Waals surface area contributed by atoms with Gasteiger partial charge in [0.25, 0.3) is 0 Å². The number of nitrogens with two attached hydrogens (primary N) is 1. The van der Waals surface area contributed by atoms with Crippen LogP contribution in [0.2, 0.25) is 0 Å². The number of amides is 1. The molecule has 1 aliphatic heterocycles. The second-order valence-electron chi connectivity index (χ2n) is 7.68. The van der Waals surface area contributed by atoms with Crippen LogP contribution in [-0.4, -0.2) is 29.9 Å². The number of likely N-dealkylation sites (tertiary alicyclic amines) is 1. The highest BCUT2D eigenvalue weighted by Crippen LogP contribution is 2.30. The molecule has 1 aliphatic rings. The molecule has 0 spiro atoms. The maximum absolute atomic E-state index is 13.0. The summed E-state index contributed by atoms with van der Waals surface area (Å²) in [6.45, 7) is 10.2. The predicted molar refractivity (Wildman–Crippen MR) is 91.4 cm³/mol. The third-order valence-corrected chi connectivity index (χ3v) is 5.04. The van der Waals surface area contributed by atoms with Crippen LogP contribution >= 0.6 is 0 Å². The van der Waals surface area contributed by atoms with Crippen molar-refractivity contribution in [2.45, 2.75) is 46.6 Å². The topological polar surface area (TPSA) is 46.3 Å². The third-order valence-electron chi connectivity index (χ3n) is 5.04. The Morgan fingerprint density at radius 3 is 2.50 bits per heavy atom. The average molecular weight is 302 g/mol. The van der Waals surface area contributed by atoms with Crippen LogP contribution in [0.5, 0.6) is 0 Å². The van der Waals surface area contributed by atoms with E-state index in [0.29, 0.717) is 11.8 Å². The maximum Gasteiger partial charge on any atom is 0.226 e. The van der Waals surface area contributed by atoms with Gasteiger partial charge in [0.15, 0.2) is 0 Å². The van der Waals surface area contributed by atoms with E-state index < -0.39 is 0 Å². The van der Waals surface area contributed by atoms with Gasteiger partial charge in [-0.25, -0.2) is 0 Å². The van der Waals surface area contributed by atoms with Gasteiger partial charge in [-0.3, -0.25) is 4.79 Å². The van der Waals surface area contributed by atoms with Gasteiger partial charge in [-0.05, 0) is 29.7 Å². The minimum Gasteiger partial charge on any atom is -0.342 e. The summed E-state index contributed by atoms with van der Waals surface area (Å²) in [6.07, 6.45) is 1.72. The predicted octanol–water partition coefficient (Wildman–Crippen LogP) is 3.09. The molecule has 1 heterocycles. The largest absolute Gasteiger partial charge is 0.342 e. The molecule has 122 valence electrons. The maximum atomic E-state index is 13.0. The molecule has 0 radical (unpaired) electrons. The monoisotopic (exact) mass is 302 g/mol. The molecule has 1 saturated heterocycles. The van der Waals surface area contributed by atoms with E-state index in [0.717, 1.165) is 25.9 Å².